The van der Waals surface area contributed by atoms with E-state index in [0.29, 0.717) is 5.25 Å². The van der Waals surface area contributed by atoms with E-state index in [1.54, 1.807) is 0 Å². The number of rotatable bonds is 4. The molecule has 0 N–H and O–H groups in total. The summed E-state index contributed by atoms with van der Waals surface area (Å²) in [5, 5.41) is 0.544. The molecule has 0 saturated heterocycles. The van der Waals surface area contributed by atoms with E-state index in [9.17, 15) is 0 Å². The van der Waals surface area contributed by atoms with Gasteiger partial charge in [-0.05, 0) is 34.1 Å². The van der Waals surface area contributed by atoms with Crippen molar-refractivity contribution in [2.24, 2.45) is 4.99 Å². The lowest BCUT2D eigenvalue weighted by atomic mass is 10.2. The molecule has 0 aliphatic heterocycles. The maximum absolute atomic E-state index is 4.53. The van der Waals surface area contributed by atoms with Gasteiger partial charge in [-0.25, -0.2) is 0 Å². The molecule has 19 heavy (non-hydrogen) atoms. The highest BCUT2D eigenvalue weighted by Crippen LogP contribution is 2.33. The molecule has 0 bridgehead atoms. The Kier molecular flexibility index (Phi) is 5.23. The zero-order valence-corrected chi connectivity index (χ0v) is 13.4. The van der Waals surface area contributed by atoms with E-state index in [-0.39, 0.29) is 0 Å². The largest absolute Gasteiger partial charge is 0.256 e. The first-order valence-electron chi connectivity index (χ1n) is 6.21. The molecule has 0 heterocycles. The van der Waals surface area contributed by atoms with Gasteiger partial charge in [-0.3, -0.25) is 4.99 Å². The Morgan fingerprint density at radius 2 is 1.79 bits per heavy atom. The van der Waals surface area contributed by atoms with Crippen molar-refractivity contribution in [3.8, 4) is 0 Å². The molecule has 0 fully saturated rings. The number of hydrogen-bond donors (Lipinski definition) is 0. The summed E-state index contributed by atoms with van der Waals surface area (Å²) in [6, 6.07) is 16.2. The van der Waals surface area contributed by atoms with E-state index in [2.05, 4.69) is 46.9 Å². The van der Waals surface area contributed by atoms with E-state index in [1.165, 1.54) is 4.90 Å². The molecule has 0 radical (unpaired) electrons. The summed E-state index contributed by atoms with van der Waals surface area (Å²) >= 11 is 5.47. The minimum absolute atomic E-state index is 0.544. The summed E-state index contributed by atoms with van der Waals surface area (Å²) in [5.41, 5.74) is 2.12. The first kappa shape index (κ1) is 14.4. The second-order valence-corrected chi connectivity index (χ2v) is 6.86. The van der Waals surface area contributed by atoms with Crippen LogP contribution in [0, 0.1) is 0 Å². The molecule has 2 rings (SSSR count). The van der Waals surface area contributed by atoms with Crippen LogP contribution in [0.3, 0.4) is 0 Å². The molecular weight excluding hydrogens is 318 g/mol. The van der Waals surface area contributed by atoms with Crippen LogP contribution in [-0.2, 0) is 0 Å². The maximum Gasteiger partial charge on any atom is 0.0629 e. The van der Waals surface area contributed by atoms with E-state index in [4.69, 9.17) is 0 Å². The van der Waals surface area contributed by atoms with Crippen molar-refractivity contribution < 1.29 is 0 Å². The summed E-state index contributed by atoms with van der Waals surface area (Å²) in [7, 11) is 0. The Morgan fingerprint density at radius 1 is 1.05 bits per heavy atom. The highest BCUT2D eigenvalue weighted by atomic mass is 79.9. The Morgan fingerprint density at radius 3 is 2.47 bits per heavy atom. The maximum atomic E-state index is 4.53. The van der Waals surface area contributed by atoms with Gasteiger partial charge in [-0.15, -0.1) is 11.8 Å². The third-order valence-corrected chi connectivity index (χ3v) is 4.55. The minimum atomic E-state index is 0.544. The van der Waals surface area contributed by atoms with E-state index < -0.39 is 0 Å². The average Bonchev–Trinajstić information content (AvgIpc) is 2.40. The zero-order chi connectivity index (χ0) is 13.7. The lowest BCUT2D eigenvalue weighted by molar-refractivity contribution is 1.11. The summed E-state index contributed by atoms with van der Waals surface area (Å²) in [5.74, 6) is 0. The van der Waals surface area contributed by atoms with Gasteiger partial charge in [0.1, 0.15) is 0 Å². The highest BCUT2D eigenvalue weighted by molar-refractivity contribution is 9.10. The molecule has 0 aliphatic carbocycles. The molecule has 3 heteroatoms. The van der Waals surface area contributed by atoms with Gasteiger partial charge in [0.15, 0.2) is 0 Å². The summed E-state index contributed by atoms with van der Waals surface area (Å²) < 4.78 is 1.13. The molecule has 0 saturated carbocycles. The fourth-order valence-electron chi connectivity index (χ4n) is 1.65. The predicted molar refractivity (Wildman–Crippen MR) is 88.8 cm³/mol. The molecule has 0 amide bonds. The molecule has 0 atom stereocenters. The van der Waals surface area contributed by atoms with Gasteiger partial charge in [0.05, 0.1) is 5.69 Å². The van der Waals surface area contributed by atoms with Crippen LogP contribution in [0.5, 0.6) is 0 Å². The smallest absolute Gasteiger partial charge is 0.0629 e. The van der Waals surface area contributed by atoms with Gasteiger partial charge in [0.25, 0.3) is 0 Å². The summed E-state index contributed by atoms with van der Waals surface area (Å²) in [4.78, 5) is 5.77. The highest BCUT2D eigenvalue weighted by Gasteiger charge is 2.07. The number of benzene rings is 2. The van der Waals surface area contributed by atoms with E-state index in [0.717, 1.165) is 15.7 Å². The monoisotopic (exact) mass is 333 g/mol. The first-order valence-corrected chi connectivity index (χ1v) is 7.88. The van der Waals surface area contributed by atoms with Crippen LogP contribution in [-0.4, -0.2) is 11.5 Å². The second kappa shape index (κ2) is 6.92. The van der Waals surface area contributed by atoms with Crippen molar-refractivity contribution >= 4 is 39.6 Å². The molecule has 98 valence electrons. The molecule has 1 nitrogen and oxygen atoms in total. The number of halogens is 1. The Balaban J connectivity index is 2.29. The van der Waals surface area contributed by atoms with Crippen molar-refractivity contribution in [3.63, 3.8) is 0 Å². The van der Waals surface area contributed by atoms with Crippen LogP contribution in [0.25, 0.3) is 0 Å². The quantitative estimate of drug-likeness (QED) is 0.516. The van der Waals surface area contributed by atoms with E-state index in [1.807, 2.05) is 54.4 Å². The van der Waals surface area contributed by atoms with E-state index >= 15 is 0 Å². The molecule has 2 aromatic carbocycles. The Hall–Kier alpha value is -1.06. The van der Waals surface area contributed by atoms with Crippen LogP contribution in [0.4, 0.5) is 5.69 Å². The third kappa shape index (κ3) is 4.22. The Labute approximate surface area is 127 Å². The zero-order valence-electron chi connectivity index (χ0n) is 11.0. The normalized spacial score (nSPS) is 11.4. The molecular formula is C16H16BrNS. The number of para-hydroxylation sites is 1. The van der Waals surface area contributed by atoms with Crippen molar-refractivity contribution in [3.05, 3.63) is 58.6 Å². The lowest BCUT2D eigenvalue weighted by Gasteiger charge is -2.10. The van der Waals surface area contributed by atoms with Crippen molar-refractivity contribution in [2.75, 3.05) is 0 Å². The molecule has 0 aliphatic rings. The molecule has 0 spiro atoms. The van der Waals surface area contributed by atoms with Crippen molar-refractivity contribution in [2.45, 2.75) is 24.0 Å². The van der Waals surface area contributed by atoms with Gasteiger partial charge in [0.2, 0.25) is 0 Å². The van der Waals surface area contributed by atoms with Crippen LogP contribution >= 0.6 is 27.7 Å². The number of aliphatic imine (C=N–C) groups is 1. The summed E-state index contributed by atoms with van der Waals surface area (Å²) in [6.45, 7) is 4.39. The standard InChI is InChI=1S/C16H16BrNS/c1-12(2)19-16-13(7-6-10-15(16)17)11-18-14-8-4-3-5-9-14/h3-12H,1-2H3. The van der Waals surface area contributed by atoms with Gasteiger partial charge >= 0.3 is 0 Å². The van der Waals surface area contributed by atoms with Gasteiger partial charge < -0.3 is 0 Å². The minimum Gasteiger partial charge on any atom is -0.256 e. The predicted octanol–water partition coefficient (Wildman–Crippen LogP) is 5.70. The number of hydrogen-bond acceptors (Lipinski definition) is 2. The fraction of sp³-hybridized carbons (Fsp3) is 0.188. The summed E-state index contributed by atoms with van der Waals surface area (Å²) in [6.07, 6.45) is 1.94. The van der Waals surface area contributed by atoms with Crippen molar-refractivity contribution in [1.29, 1.82) is 0 Å². The topological polar surface area (TPSA) is 12.4 Å². The van der Waals surface area contributed by atoms with Crippen molar-refractivity contribution in [1.82, 2.24) is 0 Å². The second-order valence-electron chi connectivity index (χ2n) is 4.42. The first-order chi connectivity index (χ1) is 9.16. The third-order valence-electron chi connectivity index (χ3n) is 2.46. The lowest BCUT2D eigenvalue weighted by Crippen LogP contribution is -1.92. The van der Waals surface area contributed by atoms with Crippen LogP contribution in [0.15, 0.2) is 62.9 Å². The number of nitrogens with zero attached hydrogens (tertiary/aromatic N) is 1. The van der Waals surface area contributed by atoms with Crippen LogP contribution < -0.4 is 0 Å². The average molecular weight is 334 g/mol. The van der Waals surface area contributed by atoms with Gasteiger partial charge in [0, 0.05) is 26.4 Å². The van der Waals surface area contributed by atoms with Crippen LogP contribution in [0.2, 0.25) is 0 Å². The SMILES string of the molecule is CC(C)Sc1c(Br)cccc1C=Nc1ccccc1. The van der Waals surface area contributed by atoms with Gasteiger partial charge in [-0.1, -0.05) is 44.2 Å². The fourth-order valence-corrected chi connectivity index (χ4v) is 3.22. The molecule has 0 unspecified atom stereocenters. The van der Waals surface area contributed by atoms with Crippen LogP contribution in [0.1, 0.15) is 19.4 Å². The Bertz CT molecular complexity index is 564. The number of thioether (sulfide) groups is 1. The molecule has 0 aromatic heterocycles. The molecule has 2 aromatic rings. The van der Waals surface area contributed by atoms with Gasteiger partial charge in [-0.2, -0.15) is 0 Å².